The van der Waals surface area contributed by atoms with Crippen LogP contribution in [0.4, 0.5) is 0 Å². The summed E-state index contributed by atoms with van der Waals surface area (Å²) in [6, 6.07) is 0.196. The van der Waals surface area contributed by atoms with Crippen molar-refractivity contribution in [2.45, 2.75) is 50.7 Å². The highest BCUT2D eigenvalue weighted by atomic mass is 32.1. The van der Waals surface area contributed by atoms with Crippen molar-refractivity contribution >= 4 is 23.2 Å². The van der Waals surface area contributed by atoms with Crippen molar-refractivity contribution < 1.29 is 9.59 Å². The Labute approximate surface area is 139 Å². The van der Waals surface area contributed by atoms with Gasteiger partial charge in [0.15, 0.2) is 0 Å². The Morgan fingerprint density at radius 3 is 2.91 bits per heavy atom. The zero-order chi connectivity index (χ0) is 15.8. The lowest BCUT2D eigenvalue weighted by molar-refractivity contribution is -0.121. The summed E-state index contributed by atoms with van der Waals surface area (Å²) in [6.07, 6.45) is 6.59. The molecule has 0 spiro atoms. The van der Waals surface area contributed by atoms with Gasteiger partial charge in [-0.3, -0.25) is 14.5 Å². The summed E-state index contributed by atoms with van der Waals surface area (Å²) in [6.45, 7) is 3.70. The number of rotatable bonds is 3. The van der Waals surface area contributed by atoms with Crippen LogP contribution in [0.1, 0.15) is 46.8 Å². The molecule has 0 radical (unpaired) electrons. The van der Waals surface area contributed by atoms with Crippen LogP contribution in [0.2, 0.25) is 0 Å². The minimum Gasteiger partial charge on any atom is -0.354 e. The number of aromatic nitrogens is 1. The fourth-order valence-corrected chi connectivity index (χ4v) is 4.86. The number of carbonyl (C=O) groups excluding carboxylic acids is 2. The van der Waals surface area contributed by atoms with Gasteiger partial charge in [0.25, 0.3) is 5.91 Å². The second-order valence-corrected chi connectivity index (χ2v) is 7.82. The Morgan fingerprint density at radius 2 is 2.09 bits per heavy atom. The number of carbonyl (C=O) groups is 2. The van der Waals surface area contributed by atoms with Crippen molar-refractivity contribution in [1.82, 2.24) is 20.1 Å². The number of nitrogens with one attached hydrogen (secondary N) is 1. The average Bonchev–Trinajstić information content (AvgIpc) is 3.23. The van der Waals surface area contributed by atoms with Gasteiger partial charge < -0.3 is 10.2 Å². The van der Waals surface area contributed by atoms with Crippen molar-refractivity contribution in [3.8, 4) is 0 Å². The third-order valence-corrected chi connectivity index (χ3v) is 6.10. The van der Waals surface area contributed by atoms with E-state index in [1.807, 2.05) is 4.90 Å². The van der Waals surface area contributed by atoms with Gasteiger partial charge in [0.1, 0.15) is 9.88 Å². The lowest BCUT2D eigenvalue weighted by Crippen LogP contribution is -2.42. The number of thiazole rings is 1. The summed E-state index contributed by atoms with van der Waals surface area (Å²) >= 11 is 1.51. The molecule has 1 aromatic heterocycles. The number of hydrogen-bond acceptors (Lipinski definition) is 5. The first-order valence-electron chi connectivity index (χ1n) is 8.47. The molecule has 2 bridgehead atoms. The average molecular weight is 334 g/mol. The van der Waals surface area contributed by atoms with Crippen LogP contribution in [0.25, 0.3) is 0 Å². The molecule has 3 fully saturated rings. The van der Waals surface area contributed by atoms with Crippen LogP contribution in [-0.2, 0) is 11.3 Å². The molecule has 0 unspecified atom stereocenters. The molecule has 7 heteroatoms. The van der Waals surface area contributed by atoms with Gasteiger partial charge in [-0.25, -0.2) is 4.98 Å². The molecule has 3 aliphatic heterocycles. The molecule has 4 heterocycles. The van der Waals surface area contributed by atoms with Gasteiger partial charge in [-0.2, -0.15) is 0 Å². The van der Waals surface area contributed by atoms with Gasteiger partial charge in [0, 0.05) is 25.0 Å². The van der Waals surface area contributed by atoms with Gasteiger partial charge in [0.2, 0.25) is 5.91 Å². The molecule has 1 aromatic rings. The van der Waals surface area contributed by atoms with Crippen LogP contribution in [0.5, 0.6) is 0 Å². The second kappa shape index (κ2) is 6.20. The summed E-state index contributed by atoms with van der Waals surface area (Å²) in [5, 5.41) is 3.93. The second-order valence-electron chi connectivity index (χ2n) is 6.71. The van der Waals surface area contributed by atoms with Crippen molar-refractivity contribution in [2.24, 2.45) is 0 Å². The SMILES string of the molecule is O=C1C[C@H]2CC[C@@H](CN1)N2C(=O)c1cnc(CN2CCCC2)s1. The summed E-state index contributed by atoms with van der Waals surface area (Å²) in [5.41, 5.74) is 0. The molecule has 124 valence electrons. The Bertz CT molecular complexity index is 611. The first-order valence-corrected chi connectivity index (χ1v) is 9.29. The third-order valence-electron chi connectivity index (χ3n) is 5.13. The molecule has 2 atom stereocenters. The predicted octanol–water partition coefficient (Wildman–Crippen LogP) is 1.23. The molecule has 0 aliphatic carbocycles. The fourth-order valence-electron chi connectivity index (χ4n) is 3.95. The Hall–Kier alpha value is -1.47. The van der Waals surface area contributed by atoms with Crippen molar-refractivity contribution in [1.29, 1.82) is 0 Å². The maximum Gasteiger partial charge on any atom is 0.266 e. The molecule has 2 amide bonds. The standard InChI is InChI=1S/C16H22N4O2S/c21-14-7-11-3-4-12(8-17-14)20(11)16(22)13-9-18-15(23-13)10-19-5-1-2-6-19/h9,11-12H,1-8,10H2,(H,17,21)/t11-,12+/m1/s1. The Balaban J connectivity index is 1.48. The van der Waals surface area contributed by atoms with Gasteiger partial charge >= 0.3 is 0 Å². The number of fused-ring (bicyclic) bond motifs is 2. The van der Waals surface area contributed by atoms with Crippen LogP contribution >= 0.6 is 11.3 Å². The first kappa shape index (κ1) is 15.1. The van der Waals surface area contributed by atoms with E-state index in [1.54, 1.807) is 6.20 Å². The molecule has 0 saturated carbocycles. The van der Waals surface area contributed by atoms with E-state index >= 15 is 0 Å². The molecule has 3 saturated heterocycles. The monoisotopic (exact) mass is 334 g/mol. The smallest absolute Gasteiger partial charge is 0.266 e. The van der Waals surface area contributed by atoms with Gasteiger partial charge in [-0.15, -0.1) is 11.3 Å². The van der Waals surface area contributed by atoms with Crippen molar-refractivity contribution in [2.75, 3.05) is 19.6 Å². The van der Waals surface area contributed by atoms with Crippen LogP contribution in [0, 0.1) is 0 Å². The topological polar surface area (TPSA) is 65.5 Å². The van der Waals surface area contributed by atoms with E-state index in [-0.39, 0.29) is 23.9 Å². The highest BCUT2D eigenvalue weighted by Crippen LogP contribution is 2.31. The number of nitrogens with zero attached hydrogens (tertiary/aromatic N) is 3. The van der Waals surface area contributed by atoms with Crippen LogP contribution in [-0.4, -0.2) is 58.3 Å². The molecule has 0 aromatic carbocycles. The van der Waals surface area contributed by atoms with E-state index in [9.17, 15) is 9.59 Å². The number of hydrogen-bond donors (Lipinski definition) is 1. The number of amides is 2. The minimum atomic E-state index is 0.0548. The molecule has 3 aliphatic rings. The molecule has 23 heavy (non-hydrogen) atoms. The van der Waals surface area contributed by atoms with E-state index in [2.05, 4.69) is 15.2 Å². The maximum atomic E-state index is 12.9. The molecule has 1 N–H and O–H groups in total. The normalized spacial score (nSPS) is 28.0. The maximum absolute atomic E-state index is 12.9. The van der Waals surface area contributed by atoms with E-state index < -0.39 is 0 Å². The van der Waals surface area contributed by atoms with Gasteiger partial charge in [-0.05, 0) is 38.8 Å². The van der Waals surface area contributed by atoms with E-state index in [4.69, 9.17) is 0 Å². The molecule has 6 nitrogen and oxygen atoms in total. The van der Waals surface area contributed by atoms with Gasteiger partial charge in [-0.1, -0.05) is 0 Å². The van der Waals surface area contributed by atoms with Gasteiger partial charge in [0.05, 0.1) is 12.7 Å². The molecular formula is C16H22N4O2S. The minimum absolute atomic E-state index is 0.0548. The number of likely N-dealkylation sites (tertiary alicyclic amines) is 1. The first-order chi connectivity index (χ1) is 11.2. The van der Waals surface area contributed by atoms with Crippen molar-refractivity contribution in [3.05, 3.63) is 16.1 Å². The largest absolute Gasteiger partial charge is 0.354 e. The molecule has 4 rings (SSSR count). The fraction of sp³-hybridized carbons (Fsp3) is 0.688. The molecular weight excluding hydrogens is 312 g/mol. The van der Waals surface area contributed by atoms with Crippen LogP contribution < -0.4 is 5.32 Å². The highest BCUT2D eigenvalue weighted by Gasteiger charge is 2.41. The summed E-state index contributed by atoms with van der Waals surface area (Å²) in [4.78, 5) is 34.1. The van der Waals surface area contributed by atoms with E-state index in [0.29, 0.717) is 17.8 Å². The van der Waals surface area contributed by atoms with E-state index in [0.717, 1.165) is 37.5 Å². The van der Waals surface area contributed by atoms with Crippen LogP contribution in [0.15, 0.2) is 6.20 Å². The van der Waals surface area contributed by atoms with Crippen LogP contribution in [0.3, 0.4) is 0 Å². The van der Waals surface area contributed by atoms with E-state index in [1.165, 1.54) is 24.2 Å². The third kappa shape index (κ3) is 2.99. The Morgan fingerprint density at radius 1 is 1.30 bits per heavy atom. The summed E-state index contributed by atoms with van der Waals surface area (Å²) in [5.74, 6) is 0.119. The lowest BCUT2D eigenvalue weighted by atomic mass is 10.1. The predicted molar refractivity (Wildman–Crippen MR) is 87.2 cm³/mol. The zero-order valence-electron chi connectivity index (χ0n) is 13.2. The Kier molecular flexibility index (Phi) is 4.07. The van der Waals surface area contributed by atoms with Crippen molar-refractivity contribution in [3.63, 3.8) is 0 Å². The summed E-state index contributed by atoms with van der Waals surface area (Å²) in [7, 11) is 0. The summed E-state index contributed by atoms with van der Waals surface area (Å²) < 4.78 is 0. The highest BCUT2D eigenvalue weighted by molar-refractivity contribution is 7.13. The lowest BCUT2D eigenvalue weighted by Gasteiger charge is -2.26. The quantitative estimate of drug-likeness (QED) is 0.903. The zero-order valence-corrected chi connectivity index (χ0v) is 14.0.